The third-order valence-electron chi connectivity index (χ3n) is 3.81. The molecule has 1 atom stereocenters. The smallest absolute Gasteiger partial charge is 0.0155 e. The van der Waals surface area contributed by atoms with E-state index in [0.717, 1.165) is 12.5 Å². The quantitative estimate of drug-likeness (QED) is 0.759. The van der Waals surface area contributed by atoms with E-state index in [1.165, 1.54) is 45.2 Å². The van der Waals surface area contributed by atoms with Crippen molar-refractivity contribution in [2.75, 3.05) is 19.6 Å². The zero-order valence-electron chi connectivity index (χ0n) is 10.8. The molecule has 0 aromatic rings. The van der Waals surface area contributed by atoms with Gasteiger partial charge in [0.2, 0.25) is 0 Å². The minimum absolute atomic E-state index is 0.396. The Kier molecular flexibility index (Phi) is 5.07. The molecule has 15 heavy (non-hydrogen) atoms. The predicted octanol–water partition coefficient (Wildman–Crippen LogP) is 2.63. The van der Waals surface area contributed by atoms with Crippen molar-refractivity contribution in [3.63, 3.8) is 0 Å². The predicted molar refractivity (Wildman–Crippen MR) is 67.0 cm³/mol. The van der Waals surface area contributed by atoms with Crippen LogP contribution in [0, 0.1) is 5.92 Å². The van der Waals surface area contributed by atoms with Crippen LogP contribution in [0.15, 0.2) is 0 Å². The first-order valence-electron chi connectivity index (χ1n) is 6.55. The average Bonchev–Trinajstić information content (AvgIpc) is 2.16. The molecule has 1 rings (SSSR count). The highest BCUT2D eigenvalue weighted by atomic mass is 15.2. The van der Waals surface area contributed by atoms with E-state index in [-0.39, 0.29) is 0 Å². The first-order chi connectivity index (χ1) is 7.10. The largest absolute Gasteiger partial charge is 0.330 e. The summed E-state index contributed by atoms with van der Waals surface area (Å²) in [5, 5.41) is 0. The molecule has 1 saturated heterocycles. The first-order valence-corrected chi connectivity index (χ1v) is 6.55. The Labute approximate surface area is 95.2 Å². The minimum Gasteiger partial charge on any atom is -0.330 e. The van der Waals surface area contributed by atoms with Crippen LogP contribution < -0.4 is 5.73 Å². The maximum Gasteiger partial charge on any atom is 0.0155 e. The van der Waals surface area contributed by atoms with E-state index < -0.39 is 0 Å². The SMILES string of the molecule is CCCCN1CCC(CCN)CC1(C)C. The van der Waals surface area contributed by atoms with Crippen molar-refractivity contribution in [1.29, 1.82) is 0 Å². The number of unbranched alkanes of at least 4 members (excludes halogenated alkanes) is 1. The van der Waals surface area contributed by atoms with Crippen LogP contribution in [0.5, 0.6) is 0 Å². The molecule has 1 unspecified atom stereocenters. The van der Waals surface area contributed by atoms with Crippen molar-refractivity contribution < 1.29 is 0 Å². The summed E-state index contributed by atoms with van der Waals surface area (Å²) in [4.78, 5) is 2.67. The number of hydrogen-bond acceptors (Lipinski definition) is 2. The third-order valence-corrected chi connectivity index (χ3v) is 3.81. The van der Waals surface area contributed by atoms with Gasteiger partial charge in [-0.2, -0.15) is 0 Å². The summed E-state index contributed by atoms with van der Waals surface area (Å²) in [7, 11) is 0. The zero-order valence-corrected chi connectivity index (χ0v) is 10.8. The molecule has 90 valence electrons. The van der Waals surface area contributed by atoms with E-state index in [1.807, 2.05) is 0 Å². The number of likely N-dealkylation sites (tertiary alicyclic amines) is 1. The number of nitrogens with zero attached hydrogens (tertiary/aromatic N) is 1. The summed E-state index contributed by atoms with van der Waals surface area (Å²) in [5.41, 5.74) is 6.05. The molecule has 0 aromatic heterocycles. The van der Waals surface area contributed by atoms with E-state index in [1.54, 1.807) is 0 Å². The molecule has 0 aliphatic carbocycles. The number of rotatable bonds is 5. The Morgan fingerprint density at radius 1 is 1.40 bits per heavy atom. The van der Waals surface area contributed by atoms with Crippen LogP contribution in [0.4, 0.5) is 0 Å². The Balaban J connectivity index is 2.43. The van der Waals surface area contributed by atoms with E-state index in [2.05, 4.69) is 25.7 Å². The van der Waals surface area contributed by atoms with Crippen LogP contribution in [-0.4, -0.2) is 30.1 Å². The molecule has 1 fully saturated rings. The van der Waals surface area contributed by atoms with Crippen molar-refractivity contribution in [2.45, 2.75) is 58.4 Å². The monoisotopic (exact) mass is 212 g/mol. The summed E-state index contributed by atoms with van der Waals surface area (Å²) >= 11 is 0. The molecule has 2 N–H and O–H groups in total. The van der Waals surface area contributed by atoms with E-state index in [0.29, 0.717) is 5.54 Å². The molecule has 1 heterocycles. The highest BCUT2D eigenvalue weighted by Crippen LogP contribution is 2.32. The van der Waals surface area contributed by atoms with E-state index in [9.17, 15) is 0 Å². The van der Waals surface area contributed by atoms with Crippen LogP contribution in [0.1, 0.15) is 52.9 Å². The van der Waals surface area contributed by atoms with Crippen LogP contribution >= 0.6 is 0 Å². The lowest BCUT2D eigenvalue weighted by molar-refractivity contribution is 0.0438. The van der Waals surface area contributed by atoms with Gasteiger partial charge in [0, 0.05) is 5.54 Å². The molecule has 0 amide bonds. The molecular weight excluding hydrogens is 184 g/mol. The first kappa shape index (κ1) is 13.0. The molecule has 0 aromatic carbocycles. The van der Waals surface area contributed by atoms with E-state index in [4.69, 9.17) is 5.73 Å². The van der Waals surface area contributed by atoms with Gasteiger partial charge in [-0.15, -0.1) is 0 Å². The van der Waals surface area contributed by atoms with Gasteiger partial charge in [-0.05, 0) is 65.1 Å². The molecule has 0 saturated carbocycles. The number of piperidine rings is 1. The summed E-state index contributed by atoms with van der Waals surface area (Å²) in [6.07, 6.45) is 6.53. The highest BCUT2D eigenvalue weighted by molar-refractivity contribution is 4.89. The summed E-state index contributed by atoms with van der Waals surface area (Å²) in [5.74, 6) is 0.864. The summed E-state index contributed by atoms with van der Waals surface area (Å²) < 4.78 is 0. The maximum absolute atomic E-state index is 5.65. The fraction of sp³-hybridized carbons (Fsp3) is 1.00. The van der Waals surface area contributed by atoms with Crippen LogP contribution in [0.25, 0.3) is 0 Å². The zero-order chi connectivity index (χ0) is 11.3. The van der Waals surface area contributed by atoms with Gasteiger partial charge in [-0.25, -0.2) is 0 Å². The van der Waals surface area contributed by atoms with Crippen molar-refractivity contribution in [1.82, 2.24) is 4.90 Å². The Bertz CT molecular complexity index is 177. The topological polar surface area (TPSA) is 29.3 Å². The Morgan fingerprint density at radius 3 is 2.67 bits per heavy atom. The molecule has 0 spiro atoms. The number of nitrogens with two attached hydrogens (primary N) is 1. The molecule has 0 radical (unpaired) electrons. The molecule has 2 nitrogen and oxygen atoms in total. The fourth-order valence-corrected chi connectivity index (χ4v) is 2.82. The van der Waals surface area contributed by atoms with E-state index >= 15 is 0 Å². The van der Waals surface area contributed by atoms with Crippen molar-refractivity contribution in [2.24, 2.45) is 11.7 Å². The minimum atomic E-state index is 0.396. The Morgan fingerprint density at radius 2 is 2.13 bits per heavy atom. The third kappa shape index (κ3) is 3.76. The second-order valence-corrected chi connectivity index (χ2v) is 5.59. The van der Waals surface area contributed by atoms with Gasteiger partial charge >= 0.3 is 0 Å². The van der Waals surface area contributed by atoms with Gasteiger partial charge < -0.3 is 5.73 Å². The summed E-state index contributed by atoms with van der Waals surface area (Å²) in [6, 6.07) is 0. The summed E-state index contributed by atoms with van der Waals surface area (Å²) in [6.45, 7) is 10.5. The van der Waals surface area contributed by atoms with Crippen molar-refractivity contribution >= 4 is 0 Å². The van der Waals surface area contributed by atoms with Crippen molar-refractivity contribution in [3.05, 3.63) is 0 Å². The molecule has 2 heteroatoms. The van der Waals surface area contributed by atoms with Crippen molar-refractivity contribution in [3.8, 4) is 0 Å². The Hall–Kier alpha value is -0.0800. The normalized spacial score (nSPS) is 26.8. The lowest BCUT2D eigenvalue weighted by atomic mass is 9.81. The standard InChI is InChI=1S/C13H28N2/c1-4-5-9-15-10-7-12(6-8-14)11-13(15,2)3/h12H,4-11,14H2,1-3H3. The second-order valence-electron chi connectivity index (χ2n) is 5.59. The van der Waals surface area contributed by atoms with Gasteiger partial charge in [0.1, 0.15) is 0 Å². The average molecular weight is 212 g/mol. The van der Waals surface area contributed by atoms with Gasteiger partial charge in [0.05, 0.1) is 0 Å². The lowest BCUT2D eigenvalue weighted by Crippen LogP contribution is -2.50. The van der Waals surface area contributed by atoms with Crippen LogP contribution in [0.3, 0.4) is 0 Å². The van der Waals surface area contributed by atoms with Gasteiger partial charge in [0.15, 0.2) is 0 Å². The lowest BCUT2D eigenvalue weighted by Gasteiger charge is -2.46. The van der Waals surface area contributed by atoms with Gasteiger partial charge in [-0.3, -0.25) is 4.90 Å². The number of hydrogen-bond donors (Lipinski definition) is 1. The van der Waals surface area contributed by atoms with Crippen LogP contribution in [-0.2, 0) is 0 Å². The maximum atomic E-state index is 5.65. The second kappa shape index (κ2) is 5.86. The highest BCUT2D eigenvalue weighted by Gasteiger charge is 2.33. The molecule has 0 bridgehead atoms. The molecule has 1 aliphatic heterocycles. The molecular formula is C13H28N2. The fourth-order valence-electron chi connectivity index (χ4n) is 2.82. The van der Waals surface area contributed by atoms with Crippen LogP contribution in [0.2, 0.25) is 0 Å². The van der Waals surface area contributed by atoms with Gasteiger partial charge in [-0.1, -0.05) is 13.3 Å². The molecule has 1 aliphatic rings. The van der Waals surface area contributed by atoms with Gasteiger partial charge in [0.25, 0.3) is 0 Å².